The van der Waals surface area contributed by atoms with Crippen LogP contribution in [-0.2, 0) is 0 Å². The van der Waals surface area contributed by atoms with E-state index in [-0.39, 0.29) is 0 Å². The lowest BCUT2D eigenvalue weighted by molar-refractivity contribution is -0.458. The molecule has 140 valence electrons. The van der Waals surface area contributed by atoms with Crippen LogP contribution in [0.2, 0.25) is 0 Å². The Labute approximate surface area is 157 Å². The number of anilines is 3. The van der Waals surface area contributed by atoms with Gasteiger partial charge >= 0.3 is 0 Å². The van der Waals surface area contributed by atoms with Crippen molar-refractivity contribution in [3.8, 4) is 11.4 Å². The highest BCUT2D eigenvalue weighted by atomic mass is 16.5. The highest BCUT2D eigenvalue weighted by Crippen LogP contribution is 2.27. The summed E-state index contributed by atoms with van der Waals surface area (Å²) in [7, 11) is 7.32. The van der Waals surface area contributed by atoms with Crippen LogP contribution in [0.15, 0.2) is 30.5 Å². The van der Waals surface area contributed by atoms with Crippen molar-refractivity contribution >= 4 is 23.7 Å². The van der Waals surface area contributed by atoms with E-state index < -0.39 is 0 Å². The Balaban J connectivity index is 1.95. The van der Waals surface area contributed by atoms with Gasteiger partial charge in [0.05, 0.1) is 13.3 Å². The molecule has 9 heteroatoms. The Kier molecular flexibility index (Phi) is 5.30. The Morgan fingerprint density at radius 2 is 2.00 bits per heavy atom. The van der Waals surface area contributed by atoms with Crippen LogP contribution >= 0.6 is 0 Å². The molecule has 2 aromatic heterocycles. The number of nitrogens with zero attached hydrogens (tertiary/aromatic N) is 6. The van der Waals surface area contributed by atoms with E-state index in [1.54, 1.807) is 11.8 Å². The summed E-state index contributed by atoms with van der Waals surface area (Å²) in [5.41, 5.74) is 3.19. The number of aryl methyl sites for hydroxylation is 1. The molecule has 0 saturated carbocycles. The molecule has 3 aromatic rings. The van der Waals surface area contributed by atoms with Crippen molar-refractivity contribution < 1.29 is 9.31 Å². The van der Waals surface area contributed by atoms with Gasteiger partial charge in [-0.3, -0.25) is 0 Å². The summed E-state index contributed by atoms with van der Waals surface area (Å²) in [5.74, 6) is 1.94. The summed E-state index contributed by atoms with van der Waals surface area (Å²) in [5, 5.41) is 14.6. The molecule has 0 unspecified atom stereocenters. The molecule has 0 atom stereocenters. The van der Waals surface area contributed by atoms with Gasteiger partial charge in [0.2, 0.25) is 5.95 Å². The molecular formula is C18H23N8O+. The van der Waals surface area contributed by atoms with Crippen molar-refractivity contribution in [2.45, 2.75) is 6.92 Å². The van der Waals surface area contributed by atoms with Crippen molar-refractivity contribution in [2.24, 2.45) is 0 Å². The molecule has 2 N–H and O–H groups in total. The van der Waals surface area contributed by atoms with E-state index in [1.807, 2.05) is 69.3 Å². The third kappa shape index (κ3) is 4.38. The molecule has 2 heterocycles. The monoisotopic (exact) mass is 367 g/mol. The second-order valence-electron chi connectivity index (χ2n) is 6.16. The zero-order valence-corrected chi connectivity index (χ0v) is 16.1. The third-order valence-electron chi connectivity index (χ3n) is 3.69. The van der Waals surface area contributed by atoms with Gasteiger partial charge in [-0.1, -0.05) is 5.21 Å². The first-order valence-corrected chi connectivity index (χ1v) is 8.41. The summed E-state index contributed by atoms with van der Waals surface area (Å²) in [6.45, 7) is 1.92. The molecule has 0 amide bonds. The van der Waals surface area contributed by atoms with E-state index in [0.717, 1.165) is 28.6 Å². The Hall–Kier alpha value is -3.49. The molecule has 0 aliphatic heterocycles. The van der Waals surface area contributed by atoms with Crippen LogP contribution in [0.25, 0.3) is 5.69 Å². The summed E-state index contributed by atoms with van der Waals surface area (Å²) in [6, 6.07) is 7.56. The van der Waals surface area contributed by atoms with E-state index in [4.69, 9.17) is 4.74 Å². The highest BCUT2D eigenvalue weighted by Gasteiger charge is 2.11. The van der Waals surface area contributed by atoms with Gasteiger partial charge in [-0.2, -0.15) is 4.98 Å². The van der Waals surface area contributed by atoms with Crippen LogP contribution in [0, 0.1) is 6.92 Å². The second-order valence-corrected chi connectivity index (χ2v) is 6.16. The van der Waals surface area contributed by atoms with Gasteiger partial charge < -0.3 is 15.4 Å². The number of rotatable bonds is 6. The maximum atomic E-state index is 5.47. The SMILES string of the molecule is CNc1cc(C)nc(Nc2ccc(OC)c(-n3cc(C=[N+](C)C)nn3)c2)n1. The van der Waals surface area contributed by atoms with Crippen molar-refractivity contribution in [3.05, 3.63) is 41.9 Å². The first-order valence-electron chi connectivity index (χ1n) is 8.41. The lowest BCUT2D eigenvalue weighted by Crippen LogP contribution is -2.04. The lowest BCUT2D eigenvalue weighted by Gasteiger charge is -2.12. The predicted octanol–water partition coefficient (Wildman–Crippen LogP) is 1.85. The average molecular weight is 367 g/mol. The van der Waals surface area contributed by atoms with Gasteiger partial charge in [0.25, 0.3) is 0 Å². The molecule has 0 aliphatic carbocycles. The van der Waals surface area contributed by atoms with Gasteiger partial charge in [-0.15, -0.1) is 5.10 Å². The van der Waals surface area contributed by atoms with Gasteiger partial charge in [0, 0.05) is 24.5 Å². The number of hydrogen-bond donors (Lipinski definition) is 2. The molecule has 3 rings (SSSR count). The number of methoxy groups -OCH3 is 1. The van der Waals surface area contributed by atoms with E-state index in [9.17, 15) is 0 Å². The molecule has 1 aromatic carbocycles. The first kappa shape index (κ1) is 18.3. The van der Waals surface area contributed by atoms with Crippen LogP contribution in [-0.4, -0.2) is 64.0 Å². The van der Waals surface area contributed by atoms with Crippen LogP contribution in [0.5, 0.6) is 5.75 Å². The van der Waals surface area contributed by atoms with Crippen molar-refractivity contribution in [1.82, 2.24) is 25.0 Å². The predicted molar refractivity (Wildman–Crippen MR) is 105 cm³/mol. The second kappa shape index (κ2) is 7.81. The molecule has 0 spiro atoms. The number of aromatic nitrogens is 5. The largest absolute Gasteiger partial charge is 0.494 e. The van der Waals surface area contributed by atoms with Crippen LogP contribution < -0.4 is 15.4 Å². The van der Waals surface area contributed by atoms with E-state index in [2.05, 4.69) is 30.9 Å². The summed E-state index contributed by atoms with van der Waals surface area (Å²) in [4.78, 5) is 8.84. The molecule has 0 fully saturated rings. The quantitative estimate of drug-likeness (QED) is 0.507. The Morgan fingerprint density at radius 3 is 2.70 bits per heavy atom. The minimum atomic E-state index is 0.510. The van der Waals surface area contributed by atoms with Crippen molar-refractivity contribution in [2.75, 3.05) is 38.9 Å². The molecule has 0 saturated heterocycles. The summed E-state index contributed by atoms with van der Waals surface area (Å²) in [6.07, 6.45) is 3.72. The van der Waals surface area contributed by atoms with Crippen molar-refractivity contribution in [1.29, 1.82) is 0 Å². The van der Waals surface area contributed by atoms with Gasteiger partial charge in [-0.25, -0.2) is 14.2 Å². The normalized spacial score (nSPS) is 10.4. The Morgan fingerprint density at radius 1 is 1.19 bits per heavy atom. The zero-order valence-electron chi connectivity index (χ0n) is 16.1. The maximum Gasteiger partial charge on any atom is 0.229 e. The summed E-state index contributed by atoms with van der Waals surface area (Å²) >= 11 is 0. The van der Waals surface area contributed by atoms with Crippen LogP contribution in [0.1, 0.15) is 11.4 Å². The minimum absolute atomic E-state index is 0.510. The molecule has 0 aliphatic rings. The number of benzene rings is 1. The van der Waals surface area contributed by atoms with E-state index in [0.29, 0.717) is 11.7 Å². The smallest absolute Gasteiger partial charge is 0.229 e. The minimum Gasteiger partial charge on any atom is -0.494 e. The zero-order chi connectivity index (χ0) is 19.4. The van der Waals surface area contributed by atoms with Crippen molar-refractivity contribution in [3.63, 3.8) is 0 Å². The number of ether oxygens (including phenoxy) is 1. The third-order valence-corrected chi connectivity index (χ3v) is 3.69. The summed E-state index contributed by atoms with van der Waals surface area (Å²) < 4.78 is 9.06. The molecule has 9 nitrogen and oxygen atoms in total. The fourth-order valence-corrected chi connectivity index (χ4v) is 2.55. The number of nitrogens with one attached hydrogen (secondary N) is 2. The topological polar surface area (TPSA) is 92.8 Å². The standard InChI is InChI=1S/C18H23N8O/c1-12-8-17(19-2)22-18(20-12)21-13-6-7-16(27-5)15(9-13)26-11-14(23-24-26)10-25(3)4/h6-11H,1-5H3,(H2,19,20,21,22)/q+1. The molecule has 0 bridgehead atoms. The van der Waals surface area contributed by atoms with Gasteiger partial charge in [-0.05, 0) is 25.1 Å². The highest BCUT2D eigenvalue weighted by molar-refractivity contribution is 5.72. The Bertz CT molecular complexity index is 975. The average Bonchev–Trinajstić information content (AvgIpc) is 3.08. The van der Waals surface area contributed by atoms with Gasteiger partial charge in [0.15, 0.2) is 11.9 Å². The number of hydrogen-bond acceptors (Lipinski definition) is 7. The van der Waals surface area contributed by atoms with E-state index in [1.165, 1.54) is 0 Å². The van der Waals surface area contributed by atoms with Crippen LogP contribution in [0.4, 0.5) is 17.5 Å². The fraction of sp³-hybridized carbons (Fsp3) is 0.278. The lowest BCUT2D eigenvalue weighted by atomic mass is 10.2. The molecule has 0 radical (unpaired) electrons. The van der Waals surface area contributed by atoms with E-state index >= 15 is 0 Å². The molecule has 27 heavy (non-hydrogen) atoms. The molecular weight excluding hydrogens is 344 g/mol. The maximum absolute atomic E-state index is 5.47. The van der Waals surface area contributed by atoms with Gasteiger partial charge in [0.1, 0.15) is 31.4 Å². The fourth-order valence-electron chi connectivity index (χ4n) is 2.55. The van der Waals surface area contributed by atoms with Crippen LogP contribution in [0.3, 0.4) is 0 Å². The first-order chi connectivity index (χ1) is 13.0.